The average Bonchev–Trinajstić information content (AvgIpc) is 2.73. The van der Waals surface area contributed by atoms with Crippen molar-refractivity contribution in [2.75, 3.05) is 23.4 Å². The van der Waals surface area contributed by atoms with Gasteiger partial charge in [0.2, 0.25) is 5.95 Å². The minimum atomic E-state index is -0.874. The van der Waals surface area contributed by atoms with Crippen molar-refractivity contribution in [1.82, 2.24) is 25.3 Å². The van der Waals surface area contributed by atoms with E-state index in [1.165, 1.54) is 0 Å². The molecule has 0 radical (unpaired) electrons. The second-order valence-electron chi connectivity index (χ2n) is 6.74. The number of aliphatic carboxylic acids is 1. The van der Waals surface area contributed by atoms with Gasteiger partial charge in [0.1, 0.15) is 0 Å². The van der Waals surface area contributed by atoms with Gasteiger partial charge in [-0.1, -0.05) is 12.1 Å². The molecular weight excluding hydrogens is 388 g/mol. The van der Waals surface area contributed by atoms with Crippen LogP contribution in [0.4, 0.5) is 17.5 Å². The average molecular weight is 412 g/mol. The zero-order valence-electron chi connectivity index (χ0n) is 16.2. The summed E-state index contributed by atoms with van der Waals surface area (Å²) in [5, 5.41) is 24.5. The first-order chi connectivity index (χ1) is 14.4. The topological polar surface area (TPSA) is 185 Å². The Balaban J connectivity index is 1.54. The van der Waals surface area contributed by atoms with Gasteiger partial charge in [-0.05, 0) is 24.1 Å². The fourth-order valence-corrected chi connectivity index (χ4v) is 2.82. The van der Waals surface area contributed by atoms with Crippen LogP contribution in [-0.2, 0) is 17.9 Å². The lowest BCUT2D eigenvalue weighted by Crippen LogP contribution is -2.32. The molecule has 11 nitrogen and oxygen atoms in total. The Hall–Kier alpha value is -3.57. The zero-order chi connectivity index (χ0) is 21.5. The van der Waals surface area contributed by atoms with Gasteiger partial charge < -0.3 is 32.3 Å². The molecule has 3 aromatic rings. The molecule has 2 heterocycles. The molecule has 3 rings (SSSR count). The third kappa shape index (κ3) is 5.72. The summed E-state index contributed by atoms with van der Waals surface area (Å²) >= 11 is 0. The molecule has 1 unspecified atom stereocenters. The highest BCUT2D eigenvalue weighted by atomic mass is 16.4. The van der Waals surface area contributed by atoms with E-state index in [9.17, 15) is 9.90 Å². The Morgan fingerprint density at radius 3 is 2.57 bits per heavy atom. The minimum Gasteiger partial charge on any atom is -0.481 e. The number of nitrogens with zero attached hydrogens (tertiary/aromatic N) is 4. The summed E-state index contributed by atoms with van der Waals surface area (Å²) in [6, 6.07) is 7.49. The fraction of sp³-hybridized carbons (Fsp3) is 0.316. The van der Waals surface area contributed by atoms with E-state index in [0.717, 1.165) is 11.3 Å². The van der Waals surface area contributed by atoms with Crippen molar-refractivity contribution >= 4 is 34.6 Å². The van der Waals surface area contributed by atoms with Gasteiger partial charge in [-0.25, -0.2) is 9.97 Å². The molecule has 158 valence electrons. The van der Waals surface area contributed by atoms with Gasteiger partial charge in [-0.3, -0.25) is 4.79 Å². The third-order valence-corrected chi connectivity index (χ3v) is 4.45. The standard InChI is InChI=1S/C19H24N8O3/c20-17-16-18(27-19(21)26-17)24-9-14(25-16)8-23-12-3-1-11(2-4-12)7-22-13(10-28)5-6-15(29)30/h1-4,9,13,22-23,28H,5-8,10H2,(H,29,30)(H4,20,21,24,26,27). The molecule has 0 aliphatic carbocycles. The quantitative estimate of drug-likeness (QED) is 0.272. The number of carbonyl (C=O) groups is 1. The van der Waals surface area contributed by atoms with E-state index >= 15 is 0 Å². The van der Waals surface area contributed by atoms with Crippen LogP contribution < -0.4 is 22.1 Å². The highest BCUT2D eigenvalue weighted by molar-refractivity contribution is 5.81. The zero-order valence-corrected chi connectivity index (χ0v) is 16.2. The molecule has 30 heavy (non-hydrogen) atoms. The maximum Gasteiger partial charge on any atom is 0.303 e. The SMILES string of the molecule is Nc1nc(N)c2nc(CNc3ccc(CNC(CO)CCC(=O)O)cc3)cnc2n1. The van der Waals surface area contributed by atoms with Gasteiger partial charge in [0.05, 0.1) is 25.0 Å². The number of aromatic nitrogens is 4. The number of nitrogen functional groups attached to an aromatic ring is 2. The number of fused-ring (bicyclic) bond motifs is 1. The lowest BCUT2D eigenvalue weighted by atomic mass is 10.1. The lowest BCUT2D eigenvalue weighted by Gasteiger charge is -2.15. The van der Waals surface area contributed by atoms with E-state index in [1.807, 2.05) is 24.3 Å². The number of benzene rings is 1. The highest BCUT2D eigenvalue weighted by Gasteiger charge is 2.10. The summed E-state index contributed by atoms with van der Waals surface area (Å²) in [6.07, 6.45) is 2.00. The summed E-state index contributed by atoms with van der Waals surface area (Å²) in [5.41, 5.74) is 14.7. The van der Waals surface area contributed by atoms with Crippen molar-refractivity contribution in [2.45, 2.75) is 32.0 Å². The van der Waals surface area contributed by atoms with Crippen LogP contribution in [0.1, 0.15) is 24.1 Å². The van der Waals surface area contributed by atoms with Crippen LogP contribution in [0.25, 0.3) is 11.2 Å². The number of carboxylic acids is 1. The van der Waals surface area contributed by atoms with Gasteiger partial charge in [0.25, 0.3) is 0 Å². The van der Waals surface area contributed by atoms with Crippen molar-refractivity contribution in [3.8, 4) is 0 Å². The molecule has 0 saturated heterocycles. The van der Waals surface area contributed by atoms with Crippen LogP contribution in [-0.4, -0.2) is 48.8 Å². The van der Waals surface area contributed by atoms with Crippen molar-refractivity contribution in [3.05, 3.63) is 41.7 Å². The third-order valence-electron chi connectivity index (χ3n) is 4.45. The molecule has 1 atom stereocenters. The van der Waals surface area contributed by atoms with Crippen LogP contribution >= 0.6 is 0 Å². The van der Waals surface area contributed by atoms with E-state index in [4.69, 9.17) is 16.6 Å². The van der Waals surface area contributed by atoms with Gasteiger partial charge >= 0.3 is 5.97 Å². The van der Waals surface area contributed by atoms with E-state index in [0.29, 0.717) is 36.4 Å². The molecule has 8 N–H and O–H groups in total. The molecule has 0 aliphatic heterocycles. The van der Waals surface area contributed by atoms with Crippen LogP contribution in [0.2, 0.25) is 0 Å². The van der Waals surface area contributed by atoms with Gasteiger partial charge in [-0.2, -0.15) is 9.97 Å². The smallest absolute Gasteiger partial charge is 0.303 e. The van der Waals surface area contributed by atoms with Gasteiger partial charge in [0.15, 0.2) is 17.0 Å². The Bertz CT molecular complexity index is 1010. The summed E-state index contributed by atoms with van der Waals surface area (Å²) in [5.74, 6) is -0.628. The second kappa shape index (κ2) is 9.76. The number of aliphatic hydroxyl groups is 1. The summed E-state index contributed by atoms with van der Waals surface area (Å²) < 4.78 is 0. The first-order valence-electron chi connectivity index (χ1n) is 9.38. The second-order valence-corrected chi connectivity index (χ2v) is 6.74. The first kappa shape index (κ1) is 21.1. The molecule has 11 heteroatoms. The number of anilines is 3. The molecular formula is C19H24N8O3. The van der Waals surface area contributed by atoms with E-state index in [2.05, 4.69) is 30.6 Å². The molecule has 0 bridgehead atoms. The lowest BCUT2D eigenvalue weighted by molar-refractivity contribution is -0.137. The van der Waals surface area contributed by atoms with E-state index in [1.54, 1.807) is 6.20 Å². The van der Waals surface area contributed by atoms with Crippen molar-refractivity contribution < 1.29 is 15.0 Å². The Kier molecular flexibility index (Phi) is 6.88. The number of nitrogens with one attached hydrogen (secondary N) is 2. The predicted octanol–water partition coefficient (Wildman–Crippen LogP) is 0.512. The van der Waals surface area contributed by atoms with E-state index < -0.39 is 5.97 Å². The molecule has 1 aromatic carbocycles. The molecule has 0 amide bonds. The van der Waals surface area contributed by atoms with Crippen molar-refractivity contribution in [2.24, 2.45) is 0 Å². The van der Waals surface area contributed by atoms with E-state index in [-0.39, 0.29) is 30.8 Å². The number of hydrogen-bond acceptors (Lipinski definition) is 10. The van der Waals surface area contributed by atoms with Crippen molar-refractivity contribution in [3.63, 3.8) is 0 Å². The largest absolute Gasteiger partial charge is 0.481 e. The summed E-state index contributed by atoms with van der Waals surface area (Å²) in [4.78, 5) is 27.2. The van der Waals surface area contributed by atoms with Crippen LogP contribution in [0.3, 0.4) is 0 Å². The Labute approximate surface area is 172 Å². The summed E-state index contributed by atoms with van der Waals surface area (Å²) in [7, 11) is 0. The molecule has 0 aliphatic rings. The monoisotopic (exact) mass is 412 g/mol. The Morgan fingerprint density at radius 2 is 1.87 bits per heavy atom. The molecule has 0 saturated carbocycles. The molecule has 2 aromatic heterocycles. The predicted molar refractivity (Wildman–Crippen MR) is 112 cm³/mol. The normalized spacial score (nSPS) is 12.0. The number of aliphatic hydroxyl groups excluding tert-OH is 1. The highest BCUT2D eigenvalue weighted by Crippen LogP contribution is 2.16. The van der Waals surface area contributed by atoms with Crippen molar-refractivity contribution in [1.29, 1.82) is 0 Å². The molecule has 0 fully saturated rings. The number of hydrogen-bond donors (Lipinski definition) is 6. The Morgan fingerprint density at radius 1 is 1.10 bits per heavy atom. The first-order valence-corrected chi connectivity index (χ1v) is 9.38. The number of nitrogens with two attached hydrogens (primary N) is 2. The molecule has 0 spiro atoms. The van der Waals surface area contributed by atoms with Crippen LogP contribution in [0, 0.1) is 0 Å². The van der Waals surface area contributed by atoms with Crippen LogP contribution in [0.15, 0.2) is 30.5 Å². The minimum absolute atomic E-state index is 0.0178. The maximum atomic E-state index is 10.6. The van der Waals surface area contributed by atoms with Crippen LogP contribution in [0.5, 0.6) is 0 Å². The van der Waals surface area contributed by atoms with Gasteiger partial charge in [0, 0.05) is 24.7 Å². The maximum absolute atomic E-state index is 10.6. The van der Waals surface area contributed by atoms with Gasteiger partial charge in [-0.15, -0.1) is 0 Å². The summed E-state index contributed by atoms with van der Waals surface area (Å²) in [6.45, 7) is 0.859. The fourth-order valence-electron chi connectivity index (χ4n) is 2.82. The number of carboxylic acid groups (broad SMARTS) is 1. The number of rotatable bonds is 10.